The van der Waals surface area contributed by atoms with Crippen molar-refractivity contribution < 1.29 is 4.79 Å². The summed E-state index contributed by atoms with van der Waals surface area (Å²) in [5, 5.41) is 1.91. The average molecular weight is 304 g/mol. The highest BCUT2D eigenvalue weighted by molar-refractivity contribution is 7.12. The Balaban J connectivity index is 1.68. The monoisotopic (exact) mass is 304 g/mol. The SMILES string of the molecule is O=C(c1ccc(-c2nc3ccccc3[nH]2)cc1)c1cccs1. The molecule has 0 saturated heterocycles. The fourth-order valence-corrected chi connectivity index (χ4v) is 3.10. The molecule has 0 unspecified atom stereocenters. The first kappa shape index (κ1) is 13.0. The lowest BCUT2D eigenvalue weighted by Crippen LogP contribution is -1.98. The number of aromatic amines is 1. The molecular formula is C18H12N2OS. The maximum Gasteiger partial charge on any atom is 0.202 e. The molecule has 4 rings (SSSR count). The van der Waals surface area contributed by atoms with Crippen molar-refractivity contribution in [2.75, 3.05) is 0 Å². The number of fused-ring (bicyclic) bond motifs is 1. The molecule has 22 heavy (non-hydrogen) atoms. The third kappa shape index (κ3) is 2.23. The van der Waals surface area contributed by atoms with E-state index in [1.165, 1.54) is 11.3 Å². The summed E-state index contributed by atoms with van der Waals surface area (Å²) in [6, 6.07) is 19.2. The second-order valence-corrected chi connectivity index (χ2v) is 5.93. The number of hydrogen-bond acceptors (Lipinski definition) is 3. The van der Waals surface area contributed by atoms with Crippen LogP contribution in [0, 0.1) is 0 Å². The normalized spacial score (nSPS) is 10.9. The Labute approximate surface area is 131 Å². The van der Waals surface area contributed by atoms with Gasteiger partial charge in [-0.15, -0.1) is 11.3 Å². The Kier molecular flexibility index (Phi) is 3.09. The van der Waals surface area contributed by atoms with Gasteiger partial charge in [0, 0.05) is 11.1 Å². The van der Waals surface area contributed by atoms with E-state index in [2.05, 4.69) is 9.97 Å². The second kappa shape index (κ2) is 5.24. The molecule has 4 aromatic rings. The van der Waals surface area contributed by atoms with Gasteiger partial charge in [0.15, 0.2) is 0 Å². The third-order valence-corrected chi connectivity index (χ3v) is 4.42. The summed E-state index contributed by atoms with van der Waals surface area (Å²) in [6.45, 7) is 0. The van der Waals surface area contributed by atoms with Crippen LogP contribution < -0.4 is 0 Å². The van der Waals surface area contributed by atoms with Crippen molar-refractivity contribution in [3.05, 3.63) is 76.5 Å². The number of hydrogen-bond donors (Lipinski definition) is 1. The number of thiophene rings is 1. The van der Waals surface area contributed by atoms with Crippen LogP contribution in [0.1, 0.15) is 15.2 Å². The van der Waals surface area contributed by atoms with Gasteiger partial charge in [0.25, 0.3) is 0 Å². The molecule has 0 amide bonds. The zero-order chi connectivity index (χ0) is 14.9. The summed E-state index contributed by atoms with van der Waals surface area (Å²) in [7, 11) is 0. The van der Waals surface area contributed by atoms with Crippen molar-refractivity contribution in [1.29, 1.82) is 0 Å². The maximum atomic E-state index is 12.3. The van der Waals surface area contributed by atoms with Gasteiger partial charge in [-0.25, -0.2) is 4.98 Å². The number of imidazole rings is 1. The van der Waals surface area contributed by atoms with E-state index in [9.17, 15) is 4.79 Å². The van der Waals surface area contributed by atoms with Crippen molar-refractivity contribution in [1.82, 2.24) is 9.97 Å². The number of para-hydroxylation sites is 2. The number of carbonyl (C=O) groups excluding carboxylic acids is 1. The molecule has 2 aromatic heterocycles. The quantitative estimate of drug-likeness (QED) is 0.565. The number of ketones is 1. The summed E-state index contributed by atoms with van der Waals surface area (Å²) in [5.74, 6) is 0.877. The second-order valence-electron chi connectivity index (χ2n) is 4.99. The molecule has 1 N–H and O–H groups in total. The lowest BCUT2D eigenvalue weighted by Gasteiger charge is -2.00. The fraction of sp³-hybridized carbons (Fsp3) is 0. The number of carbonyl (C=O) groups is 1. The van der Waals surface area contributed by atoms with Gasteiger partial charge in [0.05, 0.1) is 15.9 Å². The number of nitrogens with zero attached hydrogens (tertiary/aromatic N) is 1. The molecule has 0 aliphatic heterocycles. The Morgan fingerprint density at radius 1 is 0.955 bits per heavy atom. The Morgan fingerprint density at radius 3 is 2.50 bits per heavy atom. The largest absolute Gasteiger partial charge is 0.338 e. The predicted octanol–water partition coefficient (Wildman–Crippen LogP) is 4.52. The van der Waals surface area contributed by atoms with E-state index in [-0.39, 0.29) is 5.78 Å². The van der Waals surface area contributed by atoms with Crippen LogP contribution in [-0.4, -0.2) is 15.8 Å². The molecule has 0 saturated carbocycles. The molecule has 106 valence electrons. The Hall–Kier alpha value is -2.72. The molecule has 0 aliphatic rings. The van der Waals surface area contributed by atoms with E-state index in [0.29, 0.717) is 5.56 Å². The van der Waals surface area contributed by atoms with Gasteiger partial charge in [-0.3, -0.25) is 4.79 Å². The Bertz CT molecular complexity index is 904. The Morgan fingerprint density at radius 2 is 1.77 bits per heavy atom. The molecule has 0 bridgehead atoms. The van der Waals surface area contributed by atoms with Gasteiger partial charge < -0.3 is 4.98 Å². The predicted molar refractivity (Wildman–Crippen MR) is 89.3 cm³/mol. The van der Waals surface area contributed by atoms with Crippen LogP contribution in [-0.2, 0) is 0 Å². The minimum atomic E-state index is 0.0613. The van der Waals surface area contributed by atoms with Crippen LogP contribution in [0.3, 0.4) is 0 Å². The summed E-state index contributed by atoms with van der Waals surface area (Å²) in [6.07, 6.45) is 0. The van der Waals surface area contributed by atoms with Crippen LogP contribution in [0.25, 0.3) is 22.4 Å². The van der Waals surface area contributed by atoms with Crippen molar-refractivity contribution in [3.8, 4) is 11.4 Å². The van der Waals surface area contributed by atoms with E-state index in [4.69, 9.17) is 0 Å². The standard InChI is InChI=1S/C18H12N2OS/c21-17(16-6-3-11-22-16)12-7-9-13(10-8-12)18-19-14-4-1-2-5-15(14)20-18/h1-11H,(H,19,20). The smallest absolute Gasteiger partial charge is 0.202 e. The summed E-state index contributed by atoms with van der Waals surface area (Å²) in [4.78, 5) is 20.9. The summed E-state index contributed by atoms with van der Waals surface area (Å²) >= 11 is 1.46. The number of benzene rings is 2. The average Bonchev–Trinajstić information content (AvgIpc) is 3.23. The first-order chi connectivity index (χ1) is 10.8. The van der Waals surface area contributed by atoms with Gasteiger partial charge in [-0.1, -0.05) is 42.5 Å². The van der Waals surface area contributed by atoms with Crippen molar-refractivity contribution in [2.24, 2.45) is 0 Å². The molecule has 2 heterocycles. The van der Waals surface area contributed by atoms with Gasteiger partial charge in [0.1, 0.15) is 5.82 Å². The number of aromatic nitrogens is 2. The summed E-state index contributed by atoms with van der Waals surface area (Å²) in [5.41, 5.74) is 3.62. The van der Waals surface area contributed by atoms with Crippen molar-refractivity contribution in [3.63, 3.8) is 0 Å². The van der Waals surface area contributed by atoms with Crippen LogP contribution in [0.2, 0.25) is 0 Å². The van der Waals surface area contributed by atoms with Crippen LogP contribution in [0.5, 0.6) is 0 Å². The zero-order valence-electron chi connectivity index (χ0n) is 11.6. The molecule has 0 radical (unpaired) electrons. The topological polar surface area (TPSA) is 45.8 Å². The minimum Gasteiger partial charge on any atom is -0.338 e. The maximum absolute atomic E-state index is 12.3. The fourth-order valence-electron chi connectivity index (χ4n) is 2.42. The minimum absolute atomic E-state index is 0.0613. The van der Waals surface area contributed by atoms with Crippen LogP contribution >= 0.6 is 11.3 Å². The van der Waals surface area contributed by atoms with Crippen molar-refractivity contribution in [2.45, 2.75) is 0 Å². The molecule has 4 heteroatoms. The van der Waals surface area contributed by atoms with E-state index >= 15 is 0 Å². The highest BCUT2D eigenvalue weighted by Gasteiger charge is 2.11. The molecule has 2 aromatic carbocycles. The van der Waals surface area contributed by atoms with Gasteiger partial charge in [-0.05, 0) is 23.6 Å². The number of H-pyrrole nitrogens is 1. The van der Waals surface area contributed by atoms with Gasteiger partial charge in [-0.2, -0.15) is 0 Å². The first-order valence-electron chi connectivity index (χ1n) is 6.95. The molecule has 0 fully saturated rings. The lowest BCUT2D eigenvalue weighted by atomic mass is 10.1. The van der Waals surface area contributed by atoms with Crippen LogP contribution in [0.15, 0.2) is 66.0 Å². The third-order valence-electron chi connectivity index (χ3n) is 3.55. The van der Waals surface area contributed by atoms with Crippen molar-refractivity contribution >= 4 is 28.2 Å². The first-order valence-corrected chi connectivity index (χ1v) is 7.82. The summed E-state index contributed by atoms with van der Waals surface area (Å²) < 4.78 is 0. The van der Waals surface area contributed by atoms with Gasteiger partial charge in [0.2, 0.25) is 5.78 Å². The highest BCUT2D eigenvalue weighted by atomic mass is 32.1. The van der Waals surface area contributed by atoms with E-state index in [1.807, 2.05) is 66.0 Å². The lowest BCUT2D eigenvalue weighted by molar-refractivity contribution is 0.104. The molecule has 3 nitrogen and oxygen atoms in total. The molecular weight excluding hydrogens is 292 g/mol. The molecule has 0 spiro atoms. The zero-order valence-corrected chi connectivity index (χ0v) is 12.4. The number of rotatable bonds is 3. The molecule has 0 atom stereocenters. The van der Waals surface area contributed by atoms with E-state index < -0.39 is 0 Å². The van der Waals surface area contributed by atoms with Gasteiger partial charge >= 0.3 is 0 Å². The van der Waals surface area contributed by atoms with Crippen LogP contribution in [0.4, 0.5) is 0 Å². The van der Waals surface area contributed by atoms with E-state index in [0.717, 1.165) is 27.3 Å². The van der Waals surface area contributed by atoms with E-state index in [1.54, 1.807) is 0 Å². The number of nitrogens with one attached hydrogen (secondary N) is 1. The highest BCUT2D eigenvalue weighted by Crippen LogP contribution is 2.22. The molecule has 0 aliphatic carbocycles.